The number of benzene rings is 2. The smallest absolute Gasteiger partial charge is 0.280 e. The van der Waals surface area contributed by atoms with Crippen LogP contribution < -0.4 is 19.7 Å². The molecule has 0 aliphatic carbocycles. The van der Waals surface area contributed by atoms with Crippen LogP contribution in [-0.2, 0) is 16.1 Å². The second kappa shape index (κ2) is 7.31. The van der Waals surface area contributed by atoms with Crippen molar-refractivity contribution in [2.75, 3.05) is 18.6 Å². The quantitative estimate of drug-likeness (QED) is 0.824. The molecule has 0 spiro atoms. The van der Waals surface area contributed by atoms with Gasteiger partial charge in [0.1, 0.15) is 11.5 Å². The summed E-state index contributed by atoms with van der Waals surface area (Å²) in [5, 5.41) is 2.80. The van der Waals surface area contributed by atoms with Crippen LogP contribution in [0.25, 0.3) is 0 Å². The van der Waals surface area contributed by atoms with Crippen molar-refractivity contribution < 1.29 is 19.1 Å². The lowest BCUT2D eigenvalue weighted by Gasteiger charge is -2.38. The third-order valence-corrected chi connectivity index (χ3v) is 4.62. The molecule has 1 heterocycles. The number of fused-ring (bicyclic) bond motifs is 1. The molecule has 1 aliphatic rings. The molecule has 1 unspecified atom stereocenters. The Kier molecular flexibility index (Phi) is 5.08. The number of anilines is 1. The Balaban J connectivity index is 1.73. The molecule has 2 amide bonds. The summed E-state index contributed by atoms with van der Waals surface area (Å²) in [6.45, 7) is 6.26. The molecule has 3 rings (SSSR count). The first kappa shape index (κ1) is 18.8. The summed E-state index contributed by atoms with van der Waals surface area (Å²) in [7, 11) is 1.65. The van der Waals surface area contributed by atoms with E-state index in [0.717, 1.165) is 16.9 Å². The number of nitrogens with zero attached hydrogens (tertiary/aromatic N) is 1. The Hall–Kier alpha value is -3.02. The van der Waals surface area contributed by atoms with Crippen molar-refractivity contribution in [1.29, 1.82) is 0 Å². The molecule has 0 saturated heterocycles. The number of likely N-dealkylation sites (N-methyl/N-ethyl adjacent to an activating group) is 1. The van der Waals surface area contributed by atoms with Crippen molar-refractivity contribution in [3.8, 4) is 11.5 Å². The third kappa shape index (κ3) is 3.60. The average Bonchev–Trinajstić information content (AvgIpc) is 2.66. The molecule has 142 valence electrons. The number of carbonyl (C=O) groups excluding carboxylic acids is 2. The number of carbonyl (C=O) groups is 2. The monoisotopic (exact) mass is 368 g/mol. The Morgan fingerprint density at radius 3 is 2.59 bits per heavy atom. The van der Waals surface area contributed by atoms with Crippen LogP contribution in [-0.4, -0.2) is 31.1 Å². The van der Waals surface area contributed by atoms with Gasteiger partial charge in [0, 0.05) is 13.6 Å². The largest absolute Gasteiger partial charge is 0.494 e. The first-order valence-electron chi connectivity index (χ1n) is 8.93. The minimum absolute atomic E-state index is 0.294. The van der Waals surface area contributed by atoms with Gasteiger partial charge in [-0.15, -0.1) is 0 Å². The molecule has 27 heavy (non-hydrogen) atoms. The summed E-state index contributed by atoms with van der Waals surface area (Å²) in [6.07, 6.45) is 0. The number of hydrogen-bond acceptors (Lipinski definition) is 4. The normalized spacial score (nSPS) is 18.5. The Bertz CT molecular complexity index is 863. The molecule has 2 aromatic rings. The van der Waals surface area contributed by atoms with E-state index in [4.69, 9.17) is 9.47 Å². The first-order chi connectivity index (χ1) is 12.8. The van der Waals surface area contributed by atoms with Gasteiger partial charge in [0.05, 0.1) is 12.3 Å². The highest BCUT2D eigenvalue weighted by Gasteiger charge is 2.49. The van der Waals surface area contributed by atoms with Gasteiger partial charge >= 0.3 is 0 Å². The zero-order chi connectivity index (χ0) is 19.6. The van der Waals surface area contributed by atoms with Gasteiger partial charge in [0.2, 0.25) is 0 Å². The lowest BCUT2D eigenvalue weighted by Crippen LogP contribution is -2.61. The molecule has 0 saturated carbocycles. The van der Waals surface area contributed by atoms with Crippen LogP contribution in [0, 0.1) is 6.92 Å². The van der Waals surface area contributed by atoms with Crippen LogP contribution in [0.1, 0.15) is 25.0 Å². The summed E-state index contributed by atoms with van der Waals surface area (Å²) in [4.78, 5) is 27.1. The molecule has 0 radical (unpaired) electrons. The zero-order valence-electron chi connectivity index (χ0n) is 16.0. The fraction of sp³-hybridized carbons (Fsp3) is 0.333. The first-order valence-corrected chi connectivity index (χ1v) is 8.93. The average molecular weight is 368 g/mol. The maximum Gasteiger partial charge on any atom is 0.280 e. The highest BCUT2D eigenvalue weighted by molar-refractivity contribution is 6.16. The Morgan fingerprint density at radius 1 is 1.22 bits per heavy atom. The SMILES string of the molecule is CCOc1ccc(CNC(=O)C2(C)Oc3ccc(C)cc3N(C)C2=O)cc1. The number of rotatable bonds is 5. The third-order valence-electron chi connectivity index (χ3n) is 4.62. The summed E-state index contributed by atoms with van der Waals surface area (Å²) < 4.78 is 11.2. The van der Waals surface area contributed by atoms with E-state index >= 15 is 0 Å². The molecule has 0 fully saturated rings. The summed E-state index contributed by atoms with van der Waals surface area (Å²) in [5.74, 6) is 0.421. The maximum absolute atomic E-state index is 12.8. The van der Waals surface area contributed by atoms with Crippen molar-refractivity contribution in [2.45, 2.75) is 32.9 Å². The summed E-state index contributed by atoms with van der Waals surface area (Å²) in [5.41, 5.74) is 0.975. The van der Waals surface area contributed by atoms with Crippen molar-refractivity contribution in [2.24, 2.45) is 0 Å². The number of ether oxygens (including phenoxy) is 2. The van der Waals surface area contributed by atoms with Crippen LogP contribution in [0.15, 0.2) is 42.5 Å². The van der Waals surface area contributed by atoms with Crippen molar-refractivity contribution in [1.82, 2.24) is 5.32 Å². The topological polar surface area (TPSA) is 67.9 Å². The number of aryl methyl sites for hydroxylation is 1. The van der Waals surface area contributed by atoms with Crippen LogP contribution in [0.3, 0.4) is 0 Å². The highest BCUT2D eigenvalue weighted by Crippen LogP contribution is 2.37. The van der Waals surface area contributed by atoms with E-state index in [2.05, 4.69) is 5.32 Å². The van der Waals surface area contributed by atoms with E-state index in [-0.39, 0.29) is 0 Å². The lowest BCUT2D eigenvalue weighted by atomic mass is 9.99. The van der Waals surface area contributed by atoms with Crippen molar-refractivity contribution in [3.05, 3.63) is 53.6 Å². The van der Waals surface area contributed by atoms with E-state index in [1.54, 1.807) is 13.1 Å². The van der Waals surface area contributed by atoms with E-state index in [1.807, 2.05) is 50.2 Å². The van der Waals surface area contributed by atoms with Gasteiger partial charge in [-0.2, -0.15) is 0 Å². The number of amides is 2. The minimum atomic E-state index is -1.61. The van der Waals surface area contributed by atoms with Crippen LogP contribution in [0.5, 0.6) is 11.5 Å². The Morgan fingerprint density at radius 2 is 1.93 bits per heavy atom. The maximum atomic E-state index is 12.8. The highest BCUT2D eigenvalue weighted by atomic mass is 16.5. The zero-order valence-corrected chi connectivity index (χ0v) is 16.0. The standard InChI is InChI=1S/C21H24N2O4/c1-5-26-16-9-7-15(8-10-16)13-22-19(24)21(3)20(25)23(4)17-12-14(2)6-11-18(17)27-21/h6-12H,5,13H2,1-4H3,(H,22,24). The van der Waals surface area contributed by atoms with E-state index in [0.29, 0.717) is 24.6 Å². The van der Waals surface area contributed by atoms with Gasteiger partial charge in [-0.25, -0.2) is 0 Å². The summed E-state index contributed by atoms with van der Waals surface area (Å²) in [6, 6.07) is 13.0. The molecule has 0 aromatic heterocycles. The molecule has 1 N–H and O–H groups in total. The molecule has 6 nitrogen and oxygen atoms in total. The van der Waals surface area contributed by atoms with Crippen LogP contribution in [0.4, 0.5) is 5.69 Å². The minimum Gasteiger partial charge on any atom is -0.494 e. The molecule has 1 atom stereocenters. The van der Waals surface area contributed by atoms with E-state index < -0.39 is 17.4 Å². The lowest BCUT2D eigenvalue weighted by molar-refractivity contribution is -0.148. The second-order valence-electron chi connectivity index (χ2n) is 6.73. The molecular weight excluding hydrogens is 344 g/mol. The van der Waals surface area contributed by atoms with Gasteiger partial charge < -0.3 is 19.7 Å². The van der Waals surface area contributed by atoms with Crippen molar-refractivity contribution >= 4 is 17.5 Å². The van der Waals surface area contributed by atoms with Gasteiger partial charge in [-0.1, -0.05) is 18.2 Å². The Labute approximate surface area is 159 Å². The fourth-order valence-electron chi connectivity index (χ4n) is 3.03. The van der Waals surface area contributed by atoms with Gasteiger partial charge in [0.25, 0.3) is 17.4 Å². The van der Waals surface area contributed by atoms with Gasteiger partial charge in [0.15, 0.2) is 0 Å². The van der Waals surface area contributed by atoms with Crippen LogP contribution in [0.2, 0.25) is 0 Å². The number of hydrogen-bond donors (Lipinski definition) is 1. The van der Waals surface area contributed by atoms with E-state index in [9.17, 15) is 9.59 Å². The van der Waals surface area contributed by atoms with E-state index in [1.165, 1.54) is 11.8 Å². The fourth-order valence-corrected chi connectivity index (χ4v) is 3.03. The van der Waals surface area contributed by atoms with Crippen molar-refractivity contribution in [3.63, 3.8) is 0 Å². The molecule has 6 heteroatoms. The molecule has 0 bridgehead atoms. The molecule has 1 aliphatic heterocycles. The second-order valence-corrected chi connectivity index (χ2v) is 6.73. The predicted molar refractivity (Wildman–Crippen MR) is 103 cm³/mol. The number of nitrogens with one attached hydrogen (secondary N) is 1. The van der Waals surface area contributed by atoms with Gasteiger partial charge in [-0.3, -0.25) is 9.59 Å². The van der Waals surface area contributed by atoms with Gasteiger partial charge in [-0.05, 0) is 56.2 Å². The summed E-state index contributed by atoms with van der Waals surface area (Å²) >= 11 is 0. The van der Waals surface area contributed by atoms with Crippen LogP contribution >= 0.6 is 0 Å². The molecule has 2 aromatic carbocycles. The molecular formula is C21H24N2O4. The predicted octanol–water partition coefficient (Wildman–Crippen LogP) is 2.82.